The fraction of sp³-hybridized carbons (Fsp3) is 0.412. The molecule has 5 nitrogen and oxygen atoms in total. The molecule has 2 aromatic rings. The van der Waals surface area contributed by atoms with Gasteiger partial charge in [-0.3, -0.25) is 0 Å². The number of hydrogen-bond acceptors (Lipinski definition) is 2. The summed E-state index contributed by atoms with van der Waals surface area (Å²) >= 11 is 0. The van der Waals surface area contributed by atoms with E-state index in [1.807, 2.05) is 22.7 Å². The molecule has 23 heavy (non-hydrogen) atoms. The van der Waals surface area contributed by atoms with Crippen LogP contribution in [0.15, 0.2) is 36.7 Å². The van der Waals surface area contributed by atoms with Crippen molar-refractivity contribution in [3.8, 4) is 0 Å². The van der Waals surface area contributed by atoms with Crippen LogP contribution in [-0.4, -0.2) is 33.6 Å². The number of nitrogens with zero attached hydrogens (tertiary/aromatic N) is 3. The van der Waals surface area contributed by atoms with E-state index in [9.17, 15) is 9.18 Å². The van der Waals surface area contributed by atoms with E-state index in [1.165, 1.54) is 12.1 Å². The molecule has 1 aromatic carbocycles. The van der Waals surface area contributed by atoms with Gasteiger partial charge in [-0.05, 0) is 37.0 Å². The Kier molecular flexibility index (Phi) is 4.60. The highest BCUT2D eigenvalue weighted by atomic mass is 19.1. The summed E-state index contributed by atoms with van der Waals surface area (Å²) in [5, 5.41) is 2.77. The highest BCUT2D eigenvalue weighted by molar-refractivity contribution is 5.89. The number of halogens is 1. The first-order chi connectivity index (χ1) is 11.1. The lowest BCUT2D eigenvalue weighted by molar-refractivity contribution is 0.176. The molecule has 2 amide bonds. The van der Waals surface area contributed by atoms with Gasteiger partial charge in [0.15, 0.2) is 0 Å². The number of piperidine rings is 1. The Labute approximate surface area is 135 Å². The lowest BCUT2D eigenvalue weighted by Gasteiger charge is -2.32. The molecule has 122 valence electrons. The molecule has 0 unspecified atom stereocenters. The molecule has 1 saturated heterocycles. The molecular weight excluding hydrogens is 295 g/mol. The van der Waals surface area contributed by atoms with Crippen LogP contribution >= 0.6 is 0 Å². The minimum absolute atomic E-state index is 0.167. The van der Waals surface area contributed by atoms with Gasteiger partial charge in [-0.15, -0.1) is 0 Å². The topological polar surface area (TPSA) is 50.2 Å². The minimum Gasteiger partial charge on any atom is -0.338 e. The van der Waals surface area contributed by atoms with E-state index in [0.717, 1.165) is 31.6 Å². The molecule has 0 spiro atoms. The molecule has 1 aliphatic rings. The van der Waals surface area contributed by atoms with Crippen molar-refractivity contribution < 1.29 is 9.18 Å². The number of likely N-dealkylation sites (tertiary alicyclic amines) is 1. The van der Waals surface area contributed by atoms with Crippen molar-refractivity contribution in [1.82, 2.24) is 14.5 Å². The number of anilines is 1. The highest BCUT2D eigenvalue weighted by Crippen LogP contribution is 2.21. The van der Waals surface area contributed by atoms with Crippen LogP contribution < -0.4 is 5.32 Å². The van der Waals surface area contributed by atoms with E-state index in [2.05, 4.69) is 10.3 Å². The monoisotopic (exact) mass is 316 g/mol. The quantitative estimate of drug-likeness (QED) is 0.946. The highest BCUT2D eigenvalue weighted by Gasteiger charge is 2.24. The van der Waals surface area contributed by atoms with Crippen LogP contribution in [-0.2, 0) is 13.5 Å². The second-order valence-electron chi connectivity index (χ2n) is 6.05. The van der Waals surface area contributed by atoms with Gasteiger partial charge in [0, 0.05) is 44.6 Å². The van der Waals surface area contributed by atoms with Crippen molar-refractivity contribution in [3.63, 3.8) is 0 Å². The van der Waals surface area contributed by atoms with Crippen molar-refractivity contribution in [3.05, 3.63) is 48.3 Å². The van der Waals surface area contributed by atoms with Crippen molar-refractivity contribution in [2.75, 3.05) is 18.4 Å². The Hall–Kier alpha value is -2.37. The van der Waals surface area contributed by atoms with Gasteiger partial charge in [-0.2, -0.15) is 0 Å². The van der Waals surface area contributed by atoms with Gasteiger partial charge in [-0.1, -0.05) is 6.07 Å². The Bertz CT molecular complexity index is 685. The molecule has 1 N–H and O–H groups in total. The fourth-order valence-corrected chi connectivity index (χ4v) is 3.04. The lowest BCUT2D eigenvalue weighted by Crippen LogP contribution is -2.43. The van der Waals surface area contributed by atoms with Crippen molar-refractivity contribution in [2.45, 2.75) is 19.3 Å². The van der Waals surface area contributed by atoms with Gasteiger partial charge >= 0.3 is 6.03 Å². The molecule has 1 atom stereocenters. The van der Waals surface area contributed by atoms with E-state index in [-0.39, 0.29) is 11.8 Å². The van der Waals surface area contributed by atoms with Crippen molar-refractivity contribution in [1.29, 1.82) is 0 Å². The maximum absolute atomic E-state index is 13.2. The number of imidazole rings is 1. The van der Waals surface area contributed by atoms with E-state index in [1.54, 1.807) is 18.3 Å². The molecule has 3 rings (SSSR count). The van der Waals surface area contributed by atoms with Gasteiger partial charge < -0.3 is 14.8 Å². The first-order valence-corrected chi connectivity index (χ1v) is 7.89. The standard InChI is InChI=1S/C17H21FN4O/c1-21-9-7-19-16(21)10-13-4-3-8-22(12-13)17(23)20-15-6-2-5-14(18)11-15/h2,5-7,9,11,13H,3-4,8,10,12H2,1H3,(H,20,23)/t13-/m1/s1. The molecular formula is C17H21FN4O. The predicted octanol–water partition coefficient (Wildman–Crippen LogP) is 3.05. The molecule has 1 fully saturated rings. The van der Waals surface area contributed by atoms with E-state index in [0.29, 0.717) is 18.2 Å². The molecule has 0 bridgehead atoms. The number of hydrogen-bond donors (Lipinski definition) is 1. The molecule has 0 aliphatic carbocycles. The Morgan fingerprint density at radius 3 is 3.09 bits per heavy atom. The summed E-state index contributed by atoms with van der Waals surface area (Å²) in [5.74, 6) is 1.10. The number of aryl methyl sites for hydroxylation is 1. The SMILES string of the molecule is Cn1ccnc1C[C@H]1CCCN(C(=O)Nc2cccc(F)c2)C1. The van der Waals surface area contributed by atoms with Crippen molar-refractivity contribution >= 4 is 11.7 Å². The van der Waals surface area contributed by atoms with Gasteiger partial charge in [0.25, 0.3) is 0 Å². The van der Waals surface area contributed by atoms with Crippen LogP contribution in [0.5, 0.6) is 0 Å². The minimum atomic E-state index is -0.353. The molecule has 2 heterocycles. The molecule has 1 aliphatic heterocycles. The number of amides is 2. The third kappa shape index (κ3) is 3.88. The number of urea groups is 1. The lowest BCUT2D eigenvalue weighted by atomic mass is 9.94. The van der Waals surface area contributed by atoms with E-state index < -0.39 is 0 Å². The third-order valence-corrected chi connectivity index (χ3v) is 4.27. The summed E-state index contributed by atoms with van der Waals surface area (Å²) in [4.78, 5) is 18.5. The number of benzene rings is 1. The zero-order valence-corrected chi connectivity index (χ0v) is 13.2. The predicted molar refractivity (Wildman–Crippen MR) is 86.6 cm³/mol. The summed E-state index contributed by atoms with van der Waals surface area (Å²) in [6.45, 7) is 1.44. The van der Waals surface area contributed by atoms with Crippen molar-refractivity contribution in [2.24, 2.45) is 13.0 Å². The summed E-state index contributed by atoms with van der Waals surface area (Å²) in [6.07, 6.45) is 6.68. The Morgan fingerprint density at radius 2 is 2.35 bits per heavy atom. The average molecular weight is 316 g/mol. The van der Waals surface area contributed by atoms with E-state index in [4.69, 9.17) is 0 Å². The second kappa shape index (κ2) is 6.81. The van der Waals surface area contributed by atoms with Crippen LogP contribution in [0.2, 0.25) is 0 Å². The average Bonchev–Trinajstić information content (AvgIpc) is 2.93. The number of aromatic nitrogens is 2. The Balaban J connectivity index is 1.59. The molecule has 0 saturated carbocycles. The molecule has 1 aromatic heterocycles. The summed E-state index contributed by atoms with van der Waals surface area (Å²) < 4.78 is 15.2. The number of carbonyl (C=O) groups excluding carboxylic acids is 1. The normalized spacial score (nSPS) is 18.0. The smallest absolute Gasteiger partial charge is 0.321 e. The zero-order chi connectivity index (χ0) is 16.2. The number of rotatable bonds is 3. The first kappa shape index (κ1) is 15.5. The van der Waals surface area contributed by atoms with Crippen LogP contribution in [0.1, 0.15) is 18.7 Å². The van der Waals surface area contributed by atoms with Crippen LogP contribution in [0.4, 0.5) is 14.9 Å². The Morgan fingerprint density at radius 1 is 1.48 bits per heavy atom. The molecule has 6 heteroatoms. The maximum atomic E-state index is 13.2. The number of carbonyl (C=O) groups is 1. The van der Waals surface area contributed by atoms with Gasteiger partial charge in [-0.25, -0.2) is 14.2 Å². The number of nitrogens with one attached hydrogen (secondary N) is 1. The summed E-state index contributed by atoms with van der Waals surface area (Å²) in [6, 6.07) is 5.80. The third-order valence-electron chi connectivity index (χ3n) is 4.27. The molecule has 0 radical (unpaired) electrons. The van der Waals surface area contributed by atoms with Gasteiger partial charge in [0.2, 0.25) is 0 Å². The van der Waals surface area contributed by atoms with Gasteiger partial charge in [0.05, 0.1) is 0 Å². The largest absolute Gasteiger partial charge is 0.338 e. The van der Waals surface area contributed by atoms with E-state index >= 15 is 0 Å². The second-order valence-corrected chi connectivity index (χ2v) is 6.05. The fourth-order valence-electron chi connectivity index (χ4n) is 3.04. The zero-order valence-electron chi connectivity index (χ0n) is 13.2. The maximum Gasteiger partial charge on any atom is 0.321 e. The summed E-state index contributed by atoms with van der Waals surface area (Å²) in [7, 11) is 1.99. The summed E-state index contributed by atoms with van der Waals surface area (Å²) in [5.41, 5.74) is 0.487. The van der Waals surface area contributed by atoms with Crippen LogP contribution in [0.3, 0.4) is 0 Å². The van der Waals surface area contributed by atoms with Gasteiger partial charge in [0.1, 0.15) is 11.6 Å². The first-order valence-electron chi connectivity index (χ1n) is 7.89. The van der Waals surface area contributed by atoms with Crippen LogP contribution in [0.25, 0.3) is 0 Å². The van der Waals surface area contributed by atoms with Crippen LogP contribution in [0, 0.1) is 11.7 Å².